The van der Waals surface area contributed by atoms with E-state index < -0.39 is 17.0 Å². The molecular formula is C19H16ClF3N2O2S. The average molecular weight is 429 g/mol. The number of fused-ring (bicyclic) bond motifs is 1. The predicted molar refractivity (Wildman–Crippen MR) is 102 cm³/mol. The van der Waals surface area contributed by atoms with Crippen LogP contribution in [0.3, 0.4) is 0 Å². The maximum absolute atomic E-state index is 12.7. The largest absolute Gasteiger partial charge is 0.417 e. The second-order valence-corrected chi connectivity index (χ2v) is 8.13. The fraction of sp³-hybridized carbons (Fsp3) is 0.316. The molecule has 28 heavy (non-hydrogen) atoms. The van der Waals surface area contributed by atoms with Crippen molar-refractivity contribution < 1.29 is 22.8 Å². The van der Waals surface area contributed by atoms with Gasteiger partial charge in [-0.1, -0.05) is 23.4 Å². The number of hydrogen-bond acceptors (Lipinski definition) is 4. The van der Waals surface area contributed by atoms with E-state index in [-0.39, 0.29) is 21.7 Å². The lowest BCUT2D eigenvalue weighted by Crippen LogP contribution is -2.25. The molecule has 0 saturated carbocycles. The van der Waals surface area contributed by atoms with Gasteiger partial charge in [-0.05, 0) is 43.2 Å². The Kier molecular flexibility index (Phi) is 5.72. The van der Waals surface area contributed by atoms with E-state index in [1.165, 1.54) is 6.92 Å². The van der Waals surface area contributed by atoms with E-state index in [1.807, 2.05) is 0 Å². The van der Waals surface area contributed by atoms with E-state index in [0.717, 1.165) is 29.1 Å². The van der Waals surface area contributed by atoms with Crippen LogP contribution in [0.25, 0.3) is 0 Å². The first kappa shape index (κ1) is 20.7. The van der Waals surface area contributed by atoms with Gasteiger partial charge in [-0.3, -0.25) is 9.59 Å². The van der Waals surface area contributed by atoms with Crippen molar-refractivity contribution in [3.63, 3.8) is 0 Å². The Labute approximate surface area is 169 Å². The number of hydrogen-bond donors (Lipinski definition) is 0. The van der Waals surface area contributed by atoms with Gasteiger partial charge in [0.25, 0.3) is 0 Å². The molecular weight excluding hydrogens is 413 g/mol. The van der Waals surface area contributed by atoms with Crippen molar-refractivity contribution in [3.8, 4) is 0 Å². The standard InChI is InChI=1S/C19H16ClF3N2O2S/c1-10(28-18-15(20)8-14(9-24-18)19(21,22)23)17(27)13-3-4-16-12(7-13)5-6-25(16)11(2)26/h3-4,7-10H,5-6H2,1-2H3. The number of alkyl halides is 3. The summed E-state index contributed by atoms with van der Waals surface area (Å²) in [4.78, 5) is 29.8. The number of anilines is 1. The monoisotopic (exact) mass is 428 g/mol. The van der Waals surface area contributed by atoms with Gasteiger partial charge in [-0.15, -0.1) is 0 Å². The van der Waals surface area contributed by atoms with Gasteiger partial charge in [0.15, 0.2) is 5.78 Å². The molecule has 0 saturated heterocycles. The van der Waals surface area contributed by atoms with Gasteiger partial charge >= 0.3 is 6.18 Å². The van der Waals surface area contributed by atoms with Gasteiger partial charge in [0.1, 0.15) is 5.03 Å². The molecule has 1 unspecified atom stereocenters. The molecule has 0 bridgehead atoms. The first-order valence-corrected chi connectivity index (χ1v) is 9.68. The normalized spacial score (nSPS) is 14.7. The molecule has 148 valence electrons. The van der Waals surface area contributed by atoms with Gasteiger partial charge in [-0.25, -0.2) is 4.98 Å². The summed E-state index contributed by atoms with van der Waals surface area (Å²) < 4.78 is 38.1. The number of aromatic nitrogens is 1. The van der Waals surface area contributed by atoms with Crippen LogP contribution in [0.4, 0.5) is 18.9 Å². The summed E-state index contributed by atoms with van der Waals surface area (Å²) in [5, 5.41) is -0.574. The number of rotatable bonds is 4. The van der Waals surface area contributed by atoms with Crippen molar-refractivity contribution in [1.82, 2.24) is 4.98 Å². The highest BCUT2D eigenvalue weighted by atomic mass is 35.5. The number of pyridine rings is 1. The Hall–Kier alpha value is -2.06. The molecule has 0 radical (unpaired) electrons. The third-order valence-corrected chi connectivity index (χ3v) is 5.95. The van der Waals surface area contributed by atoms with E-state index >= 15 is 0 Å². The molecule has 9 heteroatoms. The lowest BCUT2D eigenvalue weighted by Gasteiger charge is -2.16. The molecule has 2 heterocycles. The van der Waals surface area contributed by atoms with Crippen molar-refractivity contribution in [1.29, 1.82) is 0 Å². The van der Waals surface area contributed by atoms with Crippen LogP contribution in [-0.2, 0) is 17.4 Å². The summed E-state index contributed by atoms with van der Waals surface area (Å²) in [7, 11) is 0. The third kappa shape index (κ3) is 4.17. The number of Topliss-reactive ketones (excluding diaryl/α,β-unsaturated/α-hetero) is 1. The summed E-state index contributed by atoms with van der Waals surface area (Å²) in [6.07, 6.45) is -3.15. The second kappa shape index (κ2) is 7.75. The molecule has 1 amide bonds. The smallest absolute Gasteiger partial charge is 0.312 e. The maximum Gasteiger partial charge on any atom is 0.417 e. The van der Waals surface area contributed by atoms with Crippen molar-refractivity contribution in [3.05, 3.63) is 52.2 Å². The number of carbonyl (C=O) groups excluding carboxylic acids is 2. The van der Waals surface area contributed by atoms with Crippen LogP contribution in [0, 0.1) is 0 Å². The molecule has 1 aromatic carbocycles. The highest BCUT2D eigenvalue weighted by Crippen LogP contribution is 2.36. The molecule has 1 aliphatic heterocycles. The lowest BCUT2D eigenvalue weighted by molar-refractivity contribution is -0.137. The van der Waals surface area contributed by atoms with Crippen LogP contribution in [0.15, 0.2) is 35.5 Å². The van der Waals surface area contributed by atoms with E-state index in [0.29, 0.717) is 24.7 Å². The Morgan fingerprint density at radius 2 is 2.00 bits per heavy atom. The molecule has 1 atom stereocenters. The SMILES string of the molecule is CC(=O)N1CCc2cc(C(=O)C(C)Sc3ncc(C(F)(F)F)cc3Cl)ccc21. The topological polar surface area (TPSA) is 50.3 Å². The Morgan fingerprint density at radius 3 is 2.61 bits per heavy atom. The number of thioether (sulfide) groups is 1. The summed E-state index contributed by atoms with van der Waals surface area (Å²) >= 11 is 6.93. The second-order valence-electron chi connectivity index (χ2n) is 6.40. The third-order valence-electron chi connectivity index (χ3n) is 4.43. The minimum atomic E-state index is -4.53. The number of ketones is 1. The van der Waals surface area contributed by atoms with E-state index in [4.69, 9.17) is 11.6 Å². The first-order valence-electron chi connectivity index (χ1n) is 8.42. The summed E-state index contributed by atoms with van der Waals surface area (Å²) in [5.74, 6) is -0.239. The van der Waals surface area contributed by atoms with Crippen LogP contribution in [-0.4, -0.2) is 28.5 Å². The fourth-order valence-electron chi connectivity index (χ4n) is 3.00. The lowest BCUT2D eigenvalue weighted by atomic mass is 10.0. The molecule has 2 aromatic rings. The molecule has 0 fully saturated rings. The van der Waals surface area contributed by atoms with Crippen LogP contribution in [0.5, 0.6) is 0 Å². The Bertz CT molecular complexity index is 949. The molecule has 0 aliphatic carbocycles. The summed E-state index contributed by atoms with van der Waals surface area (Å²) in [6.45, 7) is 3.73. The van der Waals surface area contributed by atoms with Crippen LogP contribution in [0.2, 0.25) is 5.02 Å². The van der Waals surface area contributed by atoms with Gasteiger partial charge in [-0.2, -0.15) is 13.2 Å². The number of halogens is 4. The zero-order chi connectivity index (χ0) is 20.6. The number of amides is 1. The zero-order valence-corrected chi connectivity index (χ0v) is 16.6. The quantitative estimate of drug-likeness (QED) is 0.506. The van der Waals surface area contributed by atoms with Crippen molar-refractivity contribution in [2.24, 2.45) is 0 Å². The van der Waals surface area contributed by atoms with Gasteiger partial charge in [0, 0.05) is 30.9 Å². The van der Waals surface area contributed by atoms with Gasteiger partial charge in [0.05, 0.1) is 15.8 Å². The van der Waals surface area contributed by atoms with Gasteiger partial charge in [0.2, 0.25) is 5.91 Å². The van der Waals surface area contributed by atoms with E-state index in [1.54, 1.807) is 30.0 Å². The minimum absolute atomic E-state index is 0.0511. The van der Waals surface area contributed by atoms with Crippen molar-refractivity contribution in [2.75, 3.05) is 11.4 Å². The van der Waals surface area contributed by atoms with E-state index in [2.05, 4.69) is 4.98 Å². The molecule has 1 aromatic heterocycles. The molecule has 0 spiro atoms. The van der Waals surface area contributed by atoms with E-state index in [9.17, 15) is 22.8 Å². The molecule has 1 aliphatic rings. The highest BCUT2D eigenvalue weighted by molar-refractivity contribution is 8.00. The minimum Gasteiger partial charge on any atom is -0.312 e. The Morgan fingerprint density at radius 1 is 1.29 bits per heavy atom. The highest BCUT2D eigenvalue weighted by Gasteiger charge is 2.32. The Balaban J connectivity index is 1.76. The van der Waals surface area contributed by atoms with Crippen LogP contribution < -0.4 is 4.90 Å². The molecule has 0 N–H and O–H groups in total. The van der Waals surface area contributed by atoms with Gasteiger partial charge < -0.3 is 4.90 Å². The first-order chi connectivity index (χ1) is 13.1. The predicted octanol–water partition coefficient (Wildman–Crippen LogP) is 5.03. The summed E-state index contributed by atoms with van der Waals surface area (Å²) in [6, 6.07) is 5.97. The summed E-state index contributed by atoms with van der Waals surface area (Å²) in [5.41, 5.74) is 1.27. The zero-order valence-electron chi connectivity index (χ0n) is 15.0. The fourth-order valence-corrected chi connectivity index (χ4v) is 4.17. The number of carbonyl (C=O) groups is 2. The van der Waals surface area contributed by atoms with Crippen LogP contribution in [0.1, 0.15) is 35.3 Å². The molecule has 3 rings (SSSR count). The number of nitrogens with zero attached hydrogens (tertiary/aromatic N) is 2. The number of benzene rings is 1. The maximum atomic E-state index is 12.7. The average Bonchev–Trinajstić information content (AvgIpc) is 3.05. The van der Waals surface area contributed by atoms with Crippen molar-refractivity contribution >= 4 is 40.7 Å². The van der Waals surface area contributed by atoms with Crippen molar-refractivity contribution in [2.45, 2.75) is 36.7 Å². The molecule has 4 nitrogen and oxygen atoms in total. The van der Waals surface area contributed by atoms with Crippen LogP contribution >= 0.6 is 23.4 Å².